The van der Waals surface area contributed by atoms with Gasteiger partial charge in [0.15, 0.2) is 5.82 Å². The molecular formula is C17H26N6O2. The van der Waals surface area contributed by atoms with Crippen LogP contribution in [0.3, 0.4) is 0 Å². The Kier molecular flexibility index (Phi) is 4.89. The highest BCUT2D eigenvalue weighted by Gasteiger charge is 2.40. The maximum atomic E-state index is 12.3. The number of likely N-dealkylation sites (tertiary alicyclic amines) is 1. The molecule has 1 aliphatic rings. The van der Waals surface area contributed by atoms with Crippen molar-refractivity contribution in [2.75, 3.05) is 7.05 Å². The molecule has 0 saturated carbocycles. The number of nitrogens with zero attached hydrogens (tertiary/aromatic N) is 5. The molecule has 1 amide bonds. The highest BCUT2D eigenvalue weighted by molar-refractivity contribution is 5.80. The molecule has 2 aromatic rings. The van der Waals surface area contributed by atoms with Crippen LogP contribution in [0.25, 0.3) is 0 Å². The van der Waals surface area contributed by atoms with Gasteiger partial charge in [-0.1, -0.05) is 12.1 Å². The van der Waals surface area contributed by atoms with Gasteiger partial charge < -0.3 is 14.7 Å². The van der Waals surface area contributed by atoms with Gasteiger partial charge in [0, 0.05) is 44.2 Å². The first-order valence-corrected chi connectivity index (χ1v) is 8.73. The lowest BCUT2D eigenvalue weighted by atomic mass is 9.98. The molecule has 1 fully saturated rings. The van der Waals surface area contributed by atoms with Crippen molar-refractivity contribution in [2.45, 2.75) is 58.7 Å². The lowest BCUT2D eigenvalue weighted by Gasteiger charge is -2.26. The molecule has 3 heterocycles. The third kappa shape index (κ3) is 3.30. The Balaban J connectivity index is 1.77. The fourth-order valence-electron chi connectivity index (χ4n) is 3.57. The summed E-state index contributed by atoms with van der Waals surface area (Å²) in [4.78, 5) is 18.5. The molecule has 136 valence electrons. The van der Waals surface area contributed by atoms with Gasteiger partial charge in [-0.25, -0.2) is 0 Å². The second-order valence-corrected chi connectivity index (χ2v) is 6.70. The third-order valence-electron chi connectivity index (χ3n) is 4.95. The Morgan fingerprint density at radius 2 is 2.08 bits per heavy atom. The number of amides is 1. The zero-order valence-electron chi connectivity index (χ0n) is 15.5. The van der Waals surface area contributed by atoms with Crippen molar-refractivity contribution in [3.8, 4) is 0 Å². The molecule has 1 aliphatic heterocycles. The summed E-state index contributed by atoms with van der Waals surface area (Å²) in [5.74, 6) is 1.42. The van der Waals surface area contributed by atoms with E-state index in [-0.39, 0.29) is 18.0 Å². The van der Waals surface area contributed by atoms with E-state index < -0.39 is 0 Å². The number of aromatic nitrogens is 4. The SMILES string of the molecule is CCCc1noc(CN[C@@H]2CC(=O)N(C)[C@H]2c2c(C)nn(C)c2C)n1. The zero-order valence-corrected chi connectivity index (χ0v) is 15.5. The molecule has 3 rings (SSSR count). The van der Waals surface area contributed by atoms with E-state index in [2.05, 4.69) is 27.5 Å². The average Bonchev–Trinajstić information content (AvgIpc) is 3.19. The monoisotopic (exact) mass is 346 g/mol. The van der Waals surface area contributed by atoms with Gasteiger partial charge in [0.1, 0.15) is 0 Å². The number of aryl methyl sites for hydroxylation is 3. The zero-order chi connectivity index (χ0) is 18.1. The summed E-state index contributed by atoms with van der Waals surface area (Å²) in [6.45, 7) is 6.57. The molecule has 0 aliphatic carbocycles. The van der Waals surface area contributed by atoms with Crippen LogP contribution in [0, 0.1) is 13.8 Å². The molecule has 1 N–H and O–H groups in total. The van der Waals surface area contributed by atoms with Crippen LogP contribution in [0.5, 0.6) is 0 Å². The van der Waals surface area contributed by atoms with E-state index in [9.17, 15) is 4.79 Å². The molecule has 0 radical (unpaired) electrons. The normalized spacial score (nSPS) is 20.7. The van der Waals surface area contributed by atoms with Crippen molar-refractivity contribution in [1.29, 1.82) is 0 Å². The predicted octanol–water partition coefficient (Wildman–Crippen LogP) is 1.43. The Morgan fingerprint density at radius 3 is 2.72 bits per heavy atom. The van der Waals surface area contributed by atoms with Gasteiger partial charge in [-0.3, -0.25) is 9.48 Å². The smallest absolute Gasteiger partial charge is 0.240 e. The van der Waals surface area contributed by atoms with Gasteiger partial charge in [0.2, 0.25) is 11.8 Å². The average molecular weight is 346 g/mol. The van der Waals surface area contributed by atoms with E-state index in [0.29, 0.717) is 18.9 Å². The second kappa shape index (κ2) is 6.95. The van der Waals surface area contributed by atoms with E-state index >= 15 is 0 Å². The highest BCUT2D eigenvalue weighted by Crippen LogP contribution is 2.35. The van der Waals surface area contributed by atoms with Gasteiger partial charge in [-0.2, -0.15) is 10.1 Å². The van der Waals surface area contributed by atoms with Crippen LogP contribution in [0.15, 0.2) is 4.52 Å². The standard InChI is InChI=1S/C17H26N6O2/c1-6-7-13-19-14(25-21-13)9-18-12-8-15(24)22(4)17(12)16-10(2)20-23(5)11(16)3/h12,17-18H,6-9H2,1-5H3/t12-,17-/m1/s1. The van der Waals surface area contributed by atoms with Crippen LogP contribution >= 0.6 is 0 Å². The molecule has 8 nitrogen and oxygen atoms in total. The Morgan fingerprint density at radius 1 is 1.32 bits per heavy atom. The molecule has 0 bridgehead atoms. The van der Waals surface area contributed by atoms with Crippen LogP contribution in [-0.2, 0) is 24.8 Å². The van der Waals surface area contributed by atoms with Gasteiger partial charge in [0.05, 0.1) is 18.3 Å². The van der Waals surface area contributed by atoms with Crippen LogP contribution < -0.4 is 5.32 Å². The number of carbonyl (C=O) groups excluding carboxylic acids is 1. The Labute approximate surface area is 147 Å². The lowest BCUT2D eigenvalue weighted by Crippen LogP contribution is -2.35. The van der Waals surface area contributed by atoms with Crippen molar-refractivity contribution in [1.82, 2.24) is 30.1 Å². The number of carbonyl (C=O) groups is 1. The largest absolute Gasteiger partial charge is 0.338 e. The van der Waals surface area contributed by atoms with Crippen molar-refractivity contribution < 1.29 is 9.32 Å². The fraction of sp³-hybridized carbons (Fsp3) is 0.647. The van der Waals surface area contributed by atoms with Crippen LogP contribution in [0.2, 0.25) is 0 Å². The minimum absolute atomic E-state index is 0.0133. The maximum absolute atomic E-state index is 12.3. The van der Waals surface area contributed by atoms with E-state index in [0.717, 1.165) is 35.6 Å². The first kappa shape index (κ1) is 17.6. The molecule has 2 atom stereocenters. The first-order valence-electron chi connectivity index (χ1n) is 8.73. The van der Waals surface area contributed by atoms with Gasteiger partial charge in [-0.05, 0) is 20.3 Å². The summed E-state index contributed by atoms with van der Waals surface area (Å²) in [6, 6.07) is -0.0557. The predicted molar refractivity (Wildman–Crippen MR) is 91.7 cm³/mol. The van der Waals surface area contributed by atoms with Crippen molar-refractivity contribution >= 4 is 5.91 Å². The molecule has 0 aromatic carbocycles. The minimum Gasteiger partial charge on any atom is -0.338 e. The van der Waals surface area contributed by atoms with Gasteiger partial charge in [-0.15, -0.1) is 0 Å². The maximum Gasteiger partial charge on any atom is 0.240 e. The highest BCUT2D eigenvalue weighted by atomic mass is 16.5. The fourth-order valence-corrected chi connectivity index (χ4v) is 3.57. The Bertz CT molecular complexity index is 765. The van der Waals surface area contributed by atoms with Crippen molar-refractivity contribution in [2.24, 2.45) is 7.05 Å². The van der Waals surface area contributed by atoms with E-state index in [1.807, 2.05) is 37.5 Å². The van der Waals surface area contributed by atoms with E-state index in [1.54, 1.807) is 0 Å². The summed E-state index contributed by atoms with van der Waals surface area (Å²) in [5, 5.41) is 11.9. The summed E-state index contributed by atoms with van der Waals surface area (Å²) >= 11 is 0. The first-order chi connectivity index (χ1) is 11.9. The van der Waals surface area contributed by atoms with Gasteiger partial charge in [0.25, 0.3) is 0 Å². The number of nitrogens with one attached hydrogen (secondary N) is 1. The van der Waals surface area contributed by atoms with Gasteiger partial charge >= 0.3 is 0 Å². The minimum atomic E-state index is -0.0424. The molecule has 25 heavy (non-hydrogen) atoms. The summed E-state index contributed by atoms with van der Waals surface area (Å²) in [6.07, 6.45) is 2.24. The summed E-state index contributed by atoms with van der Waals surface area (Å²) in [7, 11) is 3.78. The molecule has 8 heteroatoms. The van der Waals surface area contributed by atoms with Crippen molar-refractivity contribution in [3.63, 3.8) is 0 Å². The van der Waals surface area contributed by atoms with Crippen LogP contribution in [0.1, 0.15) is 54.5 Å². The number of likely N-dealkylation sites (N-methyl/N-ethyl adjacent to an activating group) is 1. The van der Waals surface area contributed by atoms with Crippen LogP contribution in [0.4, 0.5) is 0 Å². The summed E-state index contributed by atoms with van der Waals surface area (Å²) < 4.78 is 7.15. The quantitative estimate of drug-likeness (QED) is 0.851. The molecule has 0 spiro atoms. The van der Waals surface area contributed by atoms with Crippen molar-refractivity contribution in [3.05, 3.63) is 28.7 Å². The number of hydrogen-bond acceptors (Lipinski definition) is 6. The second-order valence-electron chi connectivity index (χ2n) is 6.70. The van der Waals surface area contributed by atoms with E-state index in [1.165, 1.54) is 0 Å². The third-order valence-corrected chi connectivity index (χ3v) is 4.95. The lowest BCUT2D eigenvalue weighted by molar-refractivity contribution is -0.127. The molecule has 2 aromatic heterocycles. The van der Waals surface area contributed by atoms with Crippen LogP contribution in [-0.4, -0.2) is 43.8 Å². The number of rotatable bonds is 6. The van der Waals surface area contributed by atoms with E-state index in [4.69, 9.17) is 4.52 Å². The summed E-state index contributed by atoms with van der Waals surface area (Å²) in [5.41, 5.74) is 3.16. The Hall–Kier alpha value is -2.22. The number of hydrogen-bond donors (Lipinski definition) is 1. The molecular weight excluding hydrogens is 320 g/mol. The topological polar surface area (TPSA) is 89.1 Å². The molecule has 1 saturated heterocycles. The molecule has 0 unspecified atom stereocenters.